The fraction of sp³-hybridized carbons (Fsp3) is 0.0625. The van der Waals surface area contributed by atoms with Crippen molar-refractivity contribution in [3.05, 3.63) is 58.6 Å². The summed E-state index contributed by atoms with van der Waals surface area (Å²) in [6.07, 6.45) is -3.98. The molecule has 0 fully saturated rings. The first-order valence-corrected chi connectivity index (χ1v) is 6.73. The number of H-pyrrole nitrogens is 1. The van der Waals surface area contributed by atoms with Gasteiger partial charge in [-0.05, 0) is 12.1 Å². The van der Waals surface area contributed by atoms with Crippen molar-refractivity contribution in [2.45, 2.75) is 6.18 Å². The summed E-state index contributed by atoms with van der Waals surface area (Å²) in [5, 5.41) is 0.839. The van der Waals surface area contributed by atoms with E-state index in [0.29, 0.717) is 22.2 Å². The molecule has 1 heterocycles. The summed E-state index contributed by atoms with van der Waals surface area (Å²) in [6.45, 7) is 0. The fourth-order valence-corrected chi connectivity index (χ4v) is 2.71. The molecule has 2 aromatic carbocycles. The number of hydrogen-bond acceptors (Lipinski definition) is 1. The Morgan fingerprint density at radius 3 is 2.45 bits per heavy atom. The minimum atomic E-state index is -4.52. The summed E-state index contributed by atoms with van der Waals surface area (Å²) < 4.78 is 39.5. The summed E-state index contributed by atoms with van der Waals surface area (Å²) in [5.74, 6) is 0. The van der Waals surface area contributed by atoms with Gasteiger partial charge in [0, 0.05) is 16.5 Å². The number of aldehydes is 1. The van der Waals surface area contributed by atoms with Gasteiger partial charge in [-0.15, -0.1) is 0 Å². The molecule has 112 valence electrons. The Kier molecular flexibility index (Phi) is 3.45. The Hall–Kier alpha value is -2.27. The van der Waals surface area contributed by atoms with Gasteiger partial charge in [-0.3, -0.25) is 4.79 Å². The van der Waals surface area contributed by atoms with Crippen molar-refractivity contribution in [3.8, 4) is 11.3 Å². The second kappa shape index (κ2) is 5.18. The summed E-state index contributed by atoms with van der Waals surface area (Å²) in [6, 6.07) is 10.0. The minimum absolute atomic E-state index is 0.0793. The van der Waals surface area contributed by atoms with Crippen LogP contribution < -0.4 is 0 Å². The molecule has 22 heavy (non-hydrogen) atoms. The third-order valence-corrected chi connectivity index (χ3v) is 3.76. The Morgan fingerprint density at radius 2 is 1.77 bits per heavy atom. The molecule has 0 saturated heterocycles. The molecule has 0 aliphatic carbocycles. The first-order chi connectivity index (χ1) is 10.4. The molecule has 0 aliphatic heterocycles. The molecule has 6 heteroatoms. The highest BCUT2D eigenvalue weighted by Gasteiger charge is 2.34. The van der Waals surface area contributed by atoms with E-state index in [1.165, 1.54) is 18.2 Å². The third kappa shape index (κ3) is 2.27. The minimum Gasteiger partial charge on any atom is -0.353 e. The molecule has 0 radical (unpaired) electrons. The predicted molar refractivity (Wildman–Crippen MR) is 79.1 cm³/mol. The van der Waals surface area contributed by atoms with E-state index >= 15 is 0 Å². The normalized spacial score (nSPS) is 11.8. The second-order valence-corrected chi connectivity index (χ2v) is 5.14. The van der Waals surface area contributed by atoms with E-state index < -0.39 is 11.7 Å². The van der Waals surface area contributed by atoms with Gasteiger partial charge in [-0.25, -0.2) is 0 Å². The summed E-state index contributed by atoms with van der Waals surface area (Å²) in [5.41, 5.74) is -0.163. The summed E-state index contributed by atoms with van der Waals surface area (Å²) >= 11 is 6.05. The molecule has 0 bridgehead atoms. The maximum atomic E-state index is 13.2. The molecule has 3 rings (SSSR count). The van der Waals surface area contributed by atoms with Crippen LogP contribution in [0.1, 0.15) is 15.9 Å². The standard InChI is InChI=1S/C16H9ClF3NO/c17-13-7-3-5-9-11(8-22)14(21-15(9)13)10-4-1-2-6-12(10)16(18,19)20/h1-8,21H. The molecule has 1 aromatic heterocycles. The van der Waals surface area contributed by atoms with Crippen LogP contribution in [0, 0.1) is 0 Å². The molecule has 0 aliphatic rings. The van der Waals surface area contributed by atoms with Crippen LogP contribution in [0.4, 0.5) is 13.2 Å². The van der Waals surface area contributed by atoms with Gasteiger partial charge in [0.25, 0.3) is 0 Å². The van der Waals surface area contributed by atoms with Crippen molar-refractivity contribution in [3.63, 3.8) is 0 Å². The quantitative estimate of drug-likeness (QED) is 0.636. The maximum Gasteiger partial charge on any atom is 0.417 e. The van der Waals surface area contributed by atoms with Crippen molar-refractivity contribution in [2.24, 2.45) is 0 Å². The number of fused-ring (bicyclic) bond motifs is 1. The molecule has 0 unspecified atom stereocenters. The lowest BCUT2D eigenvalue weighted by molar-refractivity contribution is -0.137. The zero-order chi connectivity index (χ0) is 15.9. The van der Waals surface area contributed by atoms with Gasteiger partial charge in [0.05, 0.1) is 21.8 Å². The zero-order valence-electron chi connectivity index (χ0n) is 11.0. The van der Waals surface area contributed by atoms with Crippen LogP contribution in [0.25, 0.3) is 22.2 Å². The van der Waals surface area contributed by atoms with E-state index in [4.69, 9.17) is 11.6 Å². The maximum absolute atomic E-state index is 13.2. The highest BCUT2D eigenvalue weighted by molar-refractivity contribution is 6.35. The van der Waals surface area contributed by atoms with Gasteiger partial charge in [0.1, 0.15) is 0 Å². The molecule has 0 atom stereocenters. The van der Waals surface area contributed by atoms with Gasteiger partial charge in [-0.2, -0.15) is 13.2 Å². The number of aromatic amines is 1. The molecule has 0 amide bonds. The number of para-hydroxylation sites is 1. The third-order valence-electron chi connectivity index (χ3n) is 3.44. The predicted octanol–water partition coefficient (Wildman–Crippen LogP) is 5.32. The Bertz CT molecular complexity index is 867. The van der Waals surface area contributed by atoms with E-state index in [1.807, 2.05) is 0 Å². The lowest BCUT2D eigenvalue weighted by Crippen LogP contribution is -2.07. The molecule has 1 N–H and O–H groups in total. The highest BCUT2D eigenvalue weighted by Crippen LogP contribution is 2.40. The number of hydrogen-bond donors (Lipinski definition) is 1. The summed E-state index contributed by atoms with van der Waals surface area (Å²) in [7, 11) is 0. The summed E-state index contributed by atoms with van der Waals surface area (Å²) in [4.78, 5) is 14.3. The van der Waals surface area contributed by atoms with Crippen LogP contribution >= 0.6 is 11.6 Å². The van der Waals surface area contributed by atoms with E-state index in [-0.39, 0.29) is 16.8 Å². The Balaban J connectivity index is 2.37. The smallest absolute Gasteiger partial charge is 0.353 e. The monoisotopic (exact) mass is 323 g/mol. The van der Waals surface area contributed by atoms with E-state index in [0.717, 1.165) is 6.07 Å². The van der Waals surface area contributed by atoms with E-state index in [1.54, 1.807) is 18.2 Å². The van der Waals surface area contributed by atoms with Crippen molar-refractivity contribution in [1.82, 2.24) is 4.98 Å². The zero-order valence-corrected chi connectivity index (χ0v) is 11.8. The van der Waals surface area contributed by atoms with E-state index in [9.17, 15) is 18.0 Å². The van der Waals surface area contributed by atoms with Crippen LogP contribution in [0.3, 0.4) is 0 Å². The molecule has 3 aromatic rings. The van der Waals surface area contributed by atoms with Crippen LogP contribution in [-0.4, -0.2) is 11.3 Å². The van der Waals surface area contributed by atoms with Crippen molar-refractivity contribution < 1.29 is 18.0 Å². The van der Waals surface area contributed by atoms with Gasteiger partial charge in [0.2, 0.25) is 0 Å². The first-order valence-electron chi connectivity index (χ1n) is 6.35. The lowest BCUT2D eigenvalue weighted by atomic mass is 10.0. The van der Waals surface area contributed by atoms with Gasteiger partial charge in [-0.1, -0.05) is 41.9 Å². The number of benzene rings is 2. The molecular weight excluding hydrogens is 315 g/mol. The molecule has 0 saturated carbocycles. The van der Waals surface area contributed by atoms with Crippen LogP contribution in [0.2, 0.25) is 5.02 Å². The molecular formula is C16H9ClF3NO. The topological polar surface area (TPSA) is 32.9 Å². The van der Waals surface area contributed by atoms with Crippen molar-refractivity contribution in [2.75, 3.05) is 0 Å². The van der Waals surface area contributed by atoms with Crippen LogP contribution in [0.15, 0.2) is 42.5 Å². The van der Waals surface area contributed by atoms with Crippen LogP contribution in [0.5, 0.6) is 0 Å². The van der Waals surface area contributed by atoms with Crippen molar-refractivity contribution >= 4 is 28.8 Å². The first kappa shape index (κ1) is 14.7. The number of rotatable bonds is 2. The highest BCUT2D eigenvalue weighted by atomic mass is 35.5. The van der Waals surface area contributed by atoms with Crippen molar-refractivity contribution in [1.29, 1.82) is 0 Å². The lowest BCUT2D eigenvalue weighted by Gasteiger charge is -2.12. The molecule has 2 nitrogen and oxygen atoms in total. The fourth-order valence-electron chi connectivity index (χ4n) is 2.49. The van der Waals surface area contributed by atoms with Gasteiger partial charge < -0.3 is 4.98 Å². The van der Waals surface area contributed by atoms with Gasteiger partial charge >= 0.3 is 6.18 Å². The number of aromatic nitrogens is 1. The number of carbonyl (C=O) groups is 1. The van der Waals surface area contributed by atoms with Gasteiger partial charge in [0.15, 0.2) is 6.29 Å². The number of nitrogens with one attached hydrogen (secondary N) is 1. The Labute approximate surface area is 128 Å². The number of alkyl halides is 3. The average molecular weight is 324 g/mol. The number of halogens is 4. The largest absolute Gasteiger partial charge is 0.417 e. The Morgan fingerprint density at radius 1 is 1.05 bits per heavy atom. The average Bonchev–Trinajstić information content (AvgIpc) is 2.86. The number of carbonyl (C=O) groups excluding carboxylic acids is 1. The second-order valence-electron chi connectivity index (χ2n) is 4.74. The van der Waals surface area contributed by atoms with Crippen LogP contribution in [-0.2, 0) is 6.18 Å². The molecule has 0 spiro atoms. The SMILES string of the molecule is O=Cc1c(-c2ccccc2C(F)(F)F)[nH]c2c(Cl)cccc12. The van der Waals surface area contributed by atoms with E-state index in [2.05, 4.69) is 4.98 Å².